The minimum atomic E-state index is -0.255. The number of hydrogen-bond donors (Lipinski definition) is 1. The van der Waals surface area contributed by atoms with Crippen molar-refractivity contribution in [1.29, 1.82) is 0 Å². The molecule has 32 heavy (non-hydrogen) atoms. The number of carbonyl (C=O) groups excluding carboxylic acids is 1. The lowest BCUT2D eigenvalue weighted by Gasteiger charge is -2.11. The van der Waals surface area contributed by atoms with Crippen LogP contribution in [0.15, 0.2) is 84.0 Å². The standard InChI is InChI=1S/C25H23FN4OS/c1-18-7-13-22(14-8-18)30-23(16-27-24(31)15-19-5-3-2-4-6-19)28-29-25(30)32-17-20-9-11-21(26)12-10-20/h2-14H,15-17H2,1H3,(H,27,31). The van der Waals surface area contributed by atoms with Crippen LogP contribution in [0.2, 0.25) is 0 Å². The zero-order chi connectivity index (χ0) is 22.3. The highest BCUT2D eigenvalue weighted by molar-refractivity contribution is 7.98. The van der Waals surface area contributed by atoms with Crippen LogP contribution >= 0.6 is 11.8 Å². The van der Waals surface area contributed by atoms with Gasteiger partial charge in [0, 0.05) is 11.4 Å². The van der Waals surface area contributed by atoms with E-state index in [0.717, 1.165) is 22.4 Å². The molecule has 0 aliphatic heterocycles. The molecule has 0 atom stereocenters. The molecule has 0 radical (unpaired) electrons. The Balaban J connectivity index is 1.51. The third kappa shape index (κ3) is 5.62. The van der Waals surface area contributed by atoms with Crippen molar-refractivity contribution in [2.24, 2.45) is 0 Å². The summed E-state index contributed by atoms with van der Waals surface area (Å²) in [5.74, 6) is 0.951. The maximum Gasteiger partial charge on any atom is 0.224 e. The summed E-state index contributed by atoms with van der Waals surface area (Å²) in [6, 6.07) is 24.1. The average Bonchev–Trinajstić information content (AvgIpc) is 3.21. The Morgan fingerprint density at radius 2 is 1.66 bits per heavy atom. The molecule has 0 bridgehead atoms. The summed E-state index contributed by atoms with van der Waals surface area (Å²) >= 11 is 1.52. The van der Waals surface area contributed by atoms with Gasteiger partial charge in [0.15, 0.2) is 11.0 Å². The summed E-state index contributed by atoms with van der Waals surface area (Å²) in [5.41, 5.74) is 4.03. The van der Waals surface area contributed by atoms with E-state index < -0.39 is 0 Å². The third-order valence-corrected chi connectivity index (χ3v) is 5.93. The first-order chi connectivity index (χ1) is 15.6. The lowest BCUT2D eigenvalue weighted by atomic mass is 10.1. The fraction of sp³-hybridized carbons (Fsp3) is 0.160. The fourth-order valence-electron chi connectivity index (χ4n) is 3.21. The number of aromatic nitrogens is 3. The van der Waals surface area contributed by atoms with Gasteiger partial charge in [-0.2, -0.15) is 0 Å². The summed E-state index contributed by atoms with van der Waals surface area (Å²) in [4.78, 5) is 12.4. The summed E-state index contributed by atoms with van der Waals surface area (Å²) in [5, 5.41) is 12.4. The van der Waals surface area contributed by atoms with E-state index in [1.165, 1.54) is 23.9 Å². The van der Waals surface area contributed by atoms with Crippen molar-refractivity contribution in [3.63, 3.8) is 0 Å². The minimum absolute atomic E-state index is 0.0739. The maximum atomic E-state index is 13.2. The Labute approximate surface area is 190 Å². The molecule has 1 aromatic heterocycles. The first kappa shape index (κ1) is 21.8. The minimum Gasteiger partial charge on any atom is -0.348 e. The average molecular weight is 447 g/mol. The Bertz CT molecular complexity index is 1180. The SMILES string of the molecule is Cc1ccc(-n2c(CNC(=O)Cc3ccccc3)nnc2SCc2ccc(F)cc2)cc1. The zero-order valence-corrected chi connectivity index (χ0v) is 18.5. The molecule has 162 valence electrons. The van der Waals surface area contributed by atoms with Gasteiger partial charge in [-0.15, -0.1) is 10.2 Å². The van der Waals surface area contributed by atoms with Gasteiger partial charge >= 0.3 is 0 Å². The number of carbonyl (C=O) groups is 1. The van der Waals surface area contributed by atoms with Crippen molar-refractivity contribution in [2.75, 3.05) is 0 Å². The van der Waals surface area contributed by atoms with E-state index in [2.05, 4.69) is 15.5 Å². The lowest BCUT2D eigenvalue weighted by molar-refractivity contribution is -0.120. The highest BCUT2D eigenvalue weighted by atomic mass is 32.2. The number of rotatable bonds is 8. The second-order valence-corrected chi connectivity index (χ2v) is 8.37. The third-order valence-electron chi connectivity index (χ3n) is 4.92. The molecule has 1 heterocycles. The number of halogens is 1. The van der Waals surface area contributed by atoms with Gasteiger partial charge in [-0.05, 0) is 42.3 Å². The summed E-state index contributed by atoms with van der Waals surface area (Å²) in [6.45, 7) is 2.30. The molecule has 0 spiro atoms. The van der Waals surface area contributed by atoms with Crippen LogP contribution in [0.3, 0.4) is 0 Å². The van der Waals surface area contributed by atoms with E-state index in [1.807, 2.05) is 66.1 Å². The van der Waals surface area contributed by atoms with Gasteiger partial charge in [0.1, 0.15) is 5.82 Å². The topological polar surface area (TPSA) is 59.8 Å². The van der Waals surface area contributed by atoms with Crippen molar-refractivity contribution >= 4 is 17.7 Å². The molecule has 0 aliphatic carbocycles. The van der Waals surface area contributed by atoms with E-state index in [1.54, 1.807) is 12.1 Å². The van der Waals surface area contributed by atoms with Gasteiger partial charge < -0.3 is 5.32 Å². The second kappa shape index (κ2) is 10.2. The smallest absolute Gasteiger partial charge is 0.224 e. The van der Waals surface area contributed by atoms with Gasteiger partial charge in [0.2, 0.25) is 5.91 Å². The Hall–Kier alpha value is -3.45. The highest BCUT2D eigenvalue weighted by Crippen LogP contribution is 2.25. The van der Waals surface area contributed by atoms with E-state index in [0.29, 0.717) is 23.2 Å². The number of nitrogens with zero attached hydrogens (tertiary/aromatic N) is 3. The number of aryl methyl sites for hydroxylation is 1. The van der Waals surface area contributed by atoms with E-state index in [-0.39, 0.29) is 18.3 Å². The van der Waals surface area contributed by atoms with Crippen molar-refractivity contribution < 1.29 is 9.18 Å². The van der Waals surface area contributed by atoms with Crippen LogP contribution < -0.4 is 5.32 Å². The van der Waals surface area contributed by atoms with Crippen molar-refractivity contribution in [2.45, 2.75) is 30.8 Å². The first-order valence-corrected chi connectivity index (χ1v) is 11.3. The van der Waals surface area contributed by atoms with Gasteiger partial charge in [-0.3, -0.25) is 9.36 Å². The van der Waals surface area contributed by atoms with Gasteiger partial charge in [0.25, 0.3) is 0 Å². The fourth-order valence-corrected chi connectivity index (χ4v) is 4.14. The Kier molecular flexibility index (Phi) is 6.97. The predicted molar refractivity (Wildman–Crippen MR) is 124 cm³/mol. The maximum absolute atomic E-state index is 13.2. The van der Waals surface area contributed by atoms with Crippen LogP contribution in [0.1, 0.15) is 22.5 Å². The summed E-state index contributed by atoms with van der Waals surface area (Å²) in [6.07, 6.45) is 0.311. The quantitative estimate of drug-likeness (QED) is 0.393. The molecule has 1 amide bonds. The number of nitrogens with one attached hydrogen (secondary N) is 1. The molecule has 0 saturated heterocycles. The Morgan fingerprint density at radius 1 is 0.938 bits per heavy atom. The number of benzene rings is 3. The molecule has 0 unspecified atom stereocenters. The molecule has 4 aromatic rings. The normalized spacial score (nSPS) is 10.8. The highest BCUT2D eigenvalue weighted by Gasteiger charge is 2.16. The lowest BCUT2D eigenvalue weighted by Crippen LogP contribution is -2.26. The van der Waals surface area contributed by atoms with Crippen LogP contribution in [0.4, 0.5) is 4.39 Å². The zero-order valence-electron chi connectivity index (χ0n) is 17.7. The van der Waals surface area contributed by atoms with Gasteiger partial charge in [-0.25, -0.2) is 4.39 Å². The van der Waals surface area contributed by atoms with E-state index in [9.17, 15) is 9.18 Å². The summed E-state index contributed by atoms with van der Waals surface area (Å²) in [7, 11) is 0. The molecule has 1 N–H and O–H groups in total. The predicted octanol–water partition coefficient (Wildman–Crippen LogP) is 4.87. The van der Waals surface area contributed by atoms with Crippen LogP contribution in [-0.4, -0.2) is 20.7 Å². The summed E-state index contributed by atoms with van der Waals surface area (Å²) < 4.78 is 15.1. The van der Waals surface area contributed by atoms with Crippen LogP contribution in [0, 0.1) is 12.7 Å². The molecule has 5 nitrogen and oxygen atoms in total. The molecule has 7 heteroatoms. The molecule has 0 saturated carbocycles. The Morgan fingerprint density at radius 3 is 2.38 bits per heavy atom. The van der Waals surface area contributed by atoms with Crippen molar-refractivity contribution in [3.05, 3.63) is 107 Å². The van der Waals surface area contributed by atoms with Crippen LogP contribution in [0.5, 0.6) is 0 Å². The molecule has 0 aliphatic rings. The van der Waals surface area contributed by atoms with Crippen LogP contribution in [-0.2, 0) is 23.5 Å². The van der Waals surface area contributed by atoms with Crippen molar-refractivity contribution in [3.8, 4) is 5.69 Å². The molecular weight excluding hydrogens is 423 g/mol. The molecular formula is C25H23FN4OS. The molecule has 0 fully saturated rings. The second-order valence-electron chi connectivity index (χ2n) is 7.42. The number of amides is 1. The molecule has 4 rings (SSSR count). The van der Waals surface area contributed by atoms with E-state index in [4.69, 9.17) is 0 Å². The number of hydrogen-bond acceptors (Lipinski definition) is 4. The first-order valence-electron chi connectivity index (χ1n) is 10.3. The van der Waals surface area contributed by atoms with E-state index >= 15 is 0 Å². The van der Waals surface area contributed by atoms with Gasteiger partial charge in [-0.1, -0.05) is 71.9 Å². The van der Waals surface area contributed by atoms with Crippen LogP contribution in [0.25, 0.3) is 5.69 Å². The largest absolute Gasteiger partial charge is 0.348 e. The van der Waals surface area contributed by atoms with Gasteiger partial charge in [0.05, 0.1) is 13.0 Å². The molecule has 3 aromatic carbocycles. The monoisotopic (exact) mass is 446 g/mol. The number of thioether (sulfide) groups is 1. The van der Waals surface area contributed by atoms with Crippen molar-refractivity contribution in [1.82, 2.24) is 20.1 Å².